The molecule has 0 aliphatic heterocycles. The number of hydrogen-bond acceptors (Lipinski definition) is 6. The fourth-order valence-corrected chi connectivity index (χ4v) is 4.21. The number of halogens is 3. The van der Waals surface area contributed by atoms with Crippen LogP contribution in [0.4, 0.5) is 24.8 Å². The highest BCUT2D eigenvalue weighted by molar-refractivity contribution is 7.93. The molecule has 10 heteroatoms. The van der Waals surface area contributed by atoms with Gasteiger partial charge in [-0.05, 0) is 49.9 Å². The smallest absolute Gasteiger partial charge is 0.423 e. The molecule has 0 amide bonds. The van der Waals surface area contributed by atoms with Gasteiger partial charge in [-0.25, -0.2) is 14.0 Å². The number of rotatable bonds is 7. The number of anilines is 2. The van der Waals surface area contributed by atoms with Crippen molar-refractivity contribution in [2.45, 2.75) is 56.0 Å². The zero-order chi connectivity index (χ0) is 21.4. The molecule has 2 atom stereocenters. The van der Waals surface area contributed by atoms with Crippen LogP contribution in [0, 0.1) is 10.7 Å². The molecule has 1 unspecified atom stereocenters. The van der Waals surface area contributed by atoms with E-state index in [1.807, 2.05) is 13.8 Å². The summed E-state index contributed by atoms with van der Waals surface area (Å²) in [6.45, 7) is 5.36. The van der Waals surface area contributed by atoms with Crippen LogP contribution < -0.4 is 10.1 Å². The van der Waals surface area contributed by atoms with Gasteiger partial charge in [0.2, 0.25) is 11.8 Å². The molecular weight excluding hydrogens is 405 g/mol. The SMILES string of the molecule is CC(C)[C@@H](C)Oc1nc(Nc2ccc(S(=N)(=O)C3CC3)cc2)ncc1C(F)(F)F. The maximum Gasteiger partial charge on any atom is 0.423 e. The Labute approximate surface area is 167 Å². The Morgan fingerprint density at radius 2 is 1.83 bits per heavy atom. The zero-order valence-corrected chi connectivity index (χ0v) is 17.1. The Morgan fingerprint density at radius 1 is 1.21 bits per heavy atom. The Balaban J connectivity index is 1.83. The van der Waals surface area contributed by atoms with Crippen molar-refractivity contribution in [2.75, 3.05) is 5.32 Å². The number of nitrogens with one attached hydrogen (secondary N) is 2. The zero-order valence-electron chi connectivity index (χ0n) is 16.3. The molecule has 0 bridgehead atoms. The van der Waals surface area contributed by atoms with Gasteiger partial charge in [-0.1, -0.05) is 13.8 Å². The molecule has 1 aromatic heterocycles. The van der Waals surface area contributed by atoms with Crippen LogP contribution in [-0.4, -0.2) is 25.5 Å². The number of ether oxygens (including phenoxy) is 1. The molecule has 0 spiro atoms. The molecule has 3 rings (SSSR count). The van der Waals surface area contributed by atoms with E-state index in [0.717, 1.165) is 12.8 Å². The molecule has 158 valence electrons. The molecule has 29 heavy (non-hydrogen) atoms. The average molecular weight is 428 g/mol. The van der Waals surface area contributed by atoms with Crippen LogP contribution in [0.1, 0.15) is 39.2 Å². The van der Waals surface area contributed by atoms with Gasteiger partial charge >= 0.3 is 6.18 Å². The maximum atomic E-state index is 13.3. The lowest BCUT2D eigenvalue weighted by Gasteiger charge is -2.20. The van der Waals surface area contributed by atoms with Crippen molar-refractivity contribution in [2.24, 2.45) is 5.92 Å². The minimum atomic E-state index is -4.64. The van der Waals surface area contributed by atoms with Gasteiger partial charge in [-0.3, -0.25) is 0 Å². The summed E-state index contributed by atoms with van der Waals surface area (Å²) in [5, 5.41) is 2.73. The van der Waals surface area contributed by atoms with Crippen molar-refractivity contribution >= 4 is 21.4 Å². The molecule has 1 heterocycles. The van der Waals surface area contributed by atoms with Gasteiger partial charge < -0.3 is 10.1 Å². The number of alkyl halides is 3. The summed E-state index contributed by atoms with van der Waals surface area (Å²) in [7, 11) is -2.81. The van der Waals surface area contributed by atoms with Gasteiger partial charge in [-0.2, -0.15) is 18.2 Å². The summed E-state index contributed by atoms with van der Waals surface area (Å²) < 4.78 is 65.7. The number of hydrogen-bond donors (Lipinski definition) is 2. The molecule has 1 aliphatic carbocycles. The van der Waals surface area contributed by atoms with Crippen LogP contribution in [0.15, 0.2) is 35.4 Å². The van der Waals surface area contributed by atoms with Crippen LogP contribution in [0.5, 0.6) is 5.88 Å². The van der Waals surface area contributed by atoms with Crippen molar-refractivity contribution in [3.05, 3.63) is 36.0 Å². The summed E-state index contributed by atoms with van der Waals surface area (Å²) in [4.78, 5) is 8.09. The minimum absolute atomic E-state index is 0.00111. The maximum absolute atomic E-state index is 13.3. The summed E-state index contributed by atoms with van der Waals surface area (Å²) in [6, 6.07) is 6.37. The summed E-state index contributed by atoms with van der Waals surface area (Å²) >= 11 is 0. The van der Waals surface area contributed by atoms with Crippen LogP contribution in [0.3, 0.4) is 0 Å². The summed E-state index contributed by atoms with van der Waals surface area (Å²) in [5.41, 5.74) is -0.536. The minimum Gasteiger partial charge on any atom is -0.474 e. The van der Waals surface area contributed by atoms with E-state index in [1.54, 1.807) is 31.2 Å². The van der Waals surface area contributed by atoms with Crippen molar-refractivity contribution in [3.8, 4) is 5.88 Å². The molecule has 0 saturated heterocycles. The second-order valence-electron chi connectivity index (χ2n) is 7.43. The van der Waals surface area contributed by atoms with Crippen molar-refractivity contribution < 1.29 is 22.1 Å². The van der Waals surface area contributed by atoms with E-state index in [9.17, 15) is 17.4 Å². The predicted octanol–water partition coefficient (Wildman–Crippen LogP) is 5.23. The standard InChI is InChI=1S/C19H23F3N4O2S/c1-11(2)12(3)28-17-16(19(20,21)22)10-24-18(26-17)25-13-4-6-14(7-5-13)29(23,27)15-8-9-15/h4-7,10-12,15,23H,8-9H2,1-3H3,(H,24,25,26)/t12-,29?/m1/s1. The van der Waals surface area contributed by atoms with Gasteiger partial charge in [0.1, 0.15) is 5.56 Å². The molecule has 1 aromatic carbocycles. The second-order valence-corrected chi connectivity index (χ2v) is 9.77. The average Bonchev–Trinajstić information content (AvgIpc) is 3.47. The normalized spacial score (nSPS) is 17.6. The summed E-state index contributed by atoms with van der Waals surface area (Å²) in [6.07, 6.45) is -2.83. The first-order chi connectivity index (χ1) is 13.5. The van der Waals surface area contributed by atoms with E-state index >= 15 is 0 Å². The van der Waals surface area contributed by atoms with Gasteiger partial charge in [-0.15, -0.1) is 0 Å². The van der Waals surface area contributed by atoms with E-state index in [2.05, 4.69) is 15.3 Å². The first-order valence-corrected chi connectivity index (χ1v) is 10.9. The third-order valence-corrected chi connectivity index (χ3v) is 7.13. The lowest BCUT2D eigenvalue weighted by Crippen LogP contribution is -2.22. The van der Waals surface area contributed by atoms with E-state index < -0.39 is 33.5 Å². The molecule has 1 aliphatic rings. The van der Waals surface area contributed by atoms with Crippen LogP contribution in [-0.2, 0) is 15.9 Å². The van der Waals surface area contributed by atoms with Crippen LogP contribution in [0.2, 0.25) is 0 Å². The molecule has 1 saturated carbocycles. The van der Waals surface area contributed by atoms with Crippen molar-refractivity contribution in [3.63, 3.8) is 0 Å². The van der Waals surface area contributed by atoms with E-state index in [1.165, 1.54) is 0 Å². The molecule has 0 radical (unpaired) electrons. The first-order valence-electron chi connectivity index (χ1n) is 9.24. The fourth-order valence-electron chi connectivity index (χ4n) is 2.48. The quantitative estimate of drug-likeness (QED) is 0.630. The van der Waals surface area contributed by atoms with Crippen LogP contribution in [0.25, 0.3) is 0 Å². The highest BCUT2D eigenvalue weighted by atomic mass is 32.2. The summed E-state index contributed by atoms with van der Waals surface area (Å²) in [5.74, 6) is -0.581. The van der Waals surface area contributed by atoms with E-state index in [-0.39, 0.29) is 17.1 Å². The van der Waals surface area contributed by atoms with Gasteiger partial charge in [0.25, 0.3) is 0 Å². The molecular formula is C19H23F3N4O2S. The molecule has 1 fully saturated rings. The Hall–Kier alpha value is -2.36. The Kier molecular flexibility index (Phi) is 5.75. The van der Waals surface area contributed by atoms with Gasteiger partial charge in [0.05, 0.1) is 15.8 Å². The lowest BCUT2D eigenvalue weighted by atomic mass is 10.1. The predicted molar refractivity (Wildman–Crippen MR) is 104 cm³/mol. The van der Waals surface area contributed by atoms with E-state index in [4.69, 9.17) is 9.52 Å². The molecule has 2 aromatic rings. The third kappa shape index (κ3) is 4.98. The van der Waals surface area contributed by atoms with Crippen LogP contribution >= 0.6 is 0 Å². The van der Waals surface area contributed by atoms with E-state index in [0.29, 0.717) is 16.8 Å². The monoisotopic (exact) mass is 428 g/mol. The van der Waals surface area contributed by atoms with Gasteiger partial charge in [0.15, 0.2) is 0 Å². The van der Waals surface area contributed by atoms with Gasteiger partial charge in [0, 0.05) is 22.0 Å². The third-order valence-electron chi connectivity index (χ3n) is 4.75. The highest BCUT2D eigenvalue weighted by Gasteiger charge is 2.37. The number of nitrogens with zero attached hydrogens (tertiary/aromatic N) is 2. The number of benzene rings is 1. The lowest BCUT2D eigenvalue weighted by molar-refractivity contribution is -0.140. The van der Waals surface area contributed by atoms with Crippen molar-refractivity contribution in [1.29, 1.82) is 4.78 Å². The second kappa shape index (κ2) is 7.81. The van der Waals surface area contributed by atoms with Crippen molar-refractivity contribution in [1.82, 2.24) is 9.97 Å². The molecule has 2 N–H and O–H groups in total. The largest absolute Gasteiger partial charge is 0.474 e. The fraction of sp³-hybridized carbons (Fsp3) is 0.474. The molecule has 6 nitrogen and oxygen atoms in total. The topological polar surface area (TPSA) is 88.0 Å². The first kappa shape index (κ1) is 21.4. The Bertz CT molecular complexity index is 972. The number of aromatic nitrogens is 2. The highest BCUT2D eigenvalue weighted by Crippen LogP contribution is 2.37. The Morgan fingerprint density at radius 3 is 2.34 bits per heavy atom.